The van der Waals surface area contributed by atoms with E-state index < -0.39 is 11.9 Å². The molecule has 0 saturated carbocycles. The summed E-state index contributed by atoms with van der Waals surface area (Å²) in [5, 5.41) is 10.4. The number of carbonyl (C=O) groups excluding carboxylic acids is 2. The number of ketones is 1. The first kappa shape index (κ1) is 18.2. The van der Waals surface area contributed by atoms with Gasteiger partial charge in [0.15, 0.2) is 11.5 Å². The second kappa shape index (κ2) is 8.13. The standard InChI is InChI=1S/C20H27NO3/c1-4-5-9-12-21-18(15-10-7-6-8-11-15)17(19(23)20(21)24)16(22)13-14(2)3/h6-8,10-11,14,18,23H,4-5,9,12-13H2,1-3H3. The number of benzene rings is 1. The summed E-state index contributed by atoms with van der Waals surface area (Å²) in [5.41, 5.74) is 1.13. The number of amides is 1. The monoisotopic (exact) mass is 329 g/mol. The van der Waals surface area contributed by atoms with Crippen LogP contribution in [-0.4, -0.2) is 28.2 Å². The van der Waals surface area contributed by atoms with Gasteiger partial charge in [-0.15, -0.1) is 0 Å². The van der Waals surface area contributed by atoms with Gasteiger partial charge in [0.2, 0.25) is 0 Å². The van der Waals surface area contributed by atoms with Gasteiger partial charge < -0.3 is 10.0 Å². The summed E-state index contributed by atoms with van der Waals surface area (Å²) < 4.78 is 0. The van der Waals surface area contributed by atoms with Gasteiger partial charge in [0, 0.05) is 13.0 Å². The van der Waals surface area contributed by atoms with E-state index in [9.17, 15) is 14.7 Å². The zero-order chi connectivity index (χ0) is 17.7. The Hall–Kier alpha value is -2.10. The van der Waals surface area contributed by atoms with Gasteiger partial charge in [0.05, 0.1) is 11.6 Å². The van der Waals surface area contributed by atoms with E-state index in [0.29, 0.717) is 13.0 Å². The number of aliphatic hydroxyl groups excluding tert-OH is 1. The number of hydrogen-bond donors (Lipinski definition) is 1. The second-order valence-corrected chi connectivity index (χ2v) is 6.80. The number of aliphatic hydroxyl groups is 1. The minimum Gasteiger partial charge on any atom is -0.503 e. The van der Waals surface area contributed by atoms with Gasteiger partial charge in [-0.1, -0.05) is 63.9 Å². The van der Waals surface area contributed by atoms with E-state index >= 15 is 0 Å². The highest BCUT2D eigenvalue weighted by atomic mass is 16.3. The van der Waals surface area contributed by atoms with Crippen LogP contribution in [0.5, 0.6) is 0 Å². The van der Waals surface area contributed by atoms with Crippen LogP contribution in [-0.2, 0) is 9.59 Å². The van der Waals surface area contributed by atoms with Crippen molar-refractivity contribution in [1.82, 2.24) is 4.90 Å². The van der Waals surface area contributed by atoms with E-state index in [1.165, 1.54) is 0 Å². The van der Waals surface area contributed by atoms with Crippen LogP contribution >= 0.6 is 0 Å². The molecule has 1 N–H and O–H groups in total. The topological polar surface area (TPSA) is 57.6 Å². The molecule has 4 nitrogen and oxygen atoms in total. The highest BCUT2D eigenvalue weighted by Gasteiger charge is 2.42. The fourth-order valence-corrected chi connectivity index (χ4v) is 3.16. The van der Waals surface area contributed by atoms with Crippen molar-refractivity contribution in [3.63, 3.8) is 0 Å². The molecule has 1 aromatic rings. The molecule has 1 aliphatic heterocycles. The Morgan fingerprint density at radius 3 is 2.46 bits per heavy atom. The summed E-state index contributed by atoms with van der Waals surface area (Å²) in [6.07, 6.45) is 3.27. The van der Waals surface area contributed by atoms with E-state index in [1.54, 1.807) is 4.90 Å². The molecule has 2 rings (SSSR count). The molecule has 4 heteroatoms. The molecule has 0 aliphatic carbocycles. The van der Waals surface area contributed by atoms with Crippen molar-refractivity contribution >= 4 is 11.7 Å². The Kier molecular flexibility index (Phi) is 6.18. The predicted octanol–water partition coefficient (Wildman–Crippen LogP) is 4.19. The number of rotatable bonds is 8. The average molecular weight is 329 g/mol. The van der Waals surface area contributed by atoms with Gasteiger partial charge >= 0.3 is 0 Å². The lowest BCUT2D eigenvalue weighted by molar-refractivity contribution is -0.129. The molecule has 1 heterocycles. The summed E-state index contributed by atoms with van der Waals surface area (Å²) in [6, 6.07) is 9.04. The Morgan fingerprint density at radius 1 is 1.21 bits per heavy atom. The van der Waals surface area contributed by atoms with Crippen LogP contribution in [0.3, 0.4) is 0 Å². The summed E-state index contributed by atoms with van der Waals surface area (Å²) in [7, 11) is 0. The third kappa shape index (κ3) is 3.86. The van der Waals surface area contributed by atoms with E-state index in [0.717, 1.165) is 24.8 Å². The van der Waals surface area contributed by atoms with Crippen molar-refractivity contribution in [3.05, 3.63) is 47.2 Å². The molecule has 0 radical (unpaired) electrons. The molecule has 0 saturated heterocycles. The summed E-state index contributed by atoms with van der Waals surface area (Å²) in [6.45, 7) is 6.58. The predicted molar refractivity (Wildman–Crippen MR) is 94.5 cm³/mol. The van der Waals surface area contributed by atoms with E-state index in [2.05, 4.69) is 6.92 Å². The minimum atomic E-state index is -0.471. The molecule has 0 spiro atoms. The van der Waals surface area contributed by atoms with Crippen molar-refractivity contribution in [2.45, 2.75) is 52.5 Å². The number of hydrogen-bond acceptors (Lipinski definition) is 3. The van der Waals surface area contributed by atoms with Crippen LogP contribution in [0.15, 0.2) is 41.7 Å². The Bertz CT molecular complexity index is 619. The SMILES string of the molecule is CCCCCN1C(=O)C(O)=C(C(=O)CC(C)C)C1c1ccccc1. The molecule has 1 amide bonds. The minimum absolute atomic E-state index is 0.136. The smallest absolute Gasteiger partial charge is 0.290 e. The maximum absolute atomic E-state index is 12.7. The highest BCUT2D eigenvalue weighted by molar-refractivity contribution is 6.09. The number of unbranched alkanes of at least 4 members (excludes halogenated alkanes) is 2. The van der Waals surface area contributed by atoms with Crippen molar-refractivity contribution < 1.29 is 14.7 Å². The van der Waals surface area contributed by atoms with Crippen LogP contribution in [0.2, 0.25) is 0 Å². The van der Waals surface area contributed by atoms with Gasteiger partial charge in [-0.2, -0.15) is 0 Å². The quantitative estimate of drug-likeness (QED) is 0.728. The van der Waals surface area contributed by atoms with Gasteiger partial charge in [-0.3, -0.25) is 9.59 Å². The lowest BCUT2D eigenvalue weighted by atomic mass is 9.92. The largest absolute Gasteiger partial charge is 0.503 e. The zero-order valence-electron chi connectivity index (χ0n) is 14.8. The van der Waals surface area contributed by atoms with Gasteiger partial charge in [-0.25, -0.2) is 0 Å². The third-order valence-corrected chi connectivity index (χ3v) is 4.32. The van der Waals surface area contributed by atoms with Crippen LogP contribution in [0.1, 0.15) is 58.1 Å². The van der Waals surface area contributed by atoms with Crippen molar-refractivity contribution in [2.24, 2.45) is 5.92 Å². The Morgan fingerprint density at radius 2 is 1.88 bits per heavy atom. The number of nitrogens with zero attached hydrogens (tertiary/aromatic N) is 1. The first-order valence-electron chi connectivity index (χ1n) is 8.79. The van der Waals surface area contributed by atoms with Crippen molar-refractivity contribution in [2.75, 3.05) is 6.54 Å². The third-order valence-electron chi connectivity index (χ3n) is 4.32. The average Bonchev–Trinajstić information content (AvgIpc) is 2.80. The molecule has 1 atom stereocenters. The van der Waals surface area contributed by atoms with Gasteiger partial charge in [0.1, 0.15) is 0 Å². The molecule has 0 bridgehead atoms. The van der Waals surface area contributed by atoms with E-state index in [-0.39, 0.29) is 23.0 Å². The summed E-state index contributed by atoms with van der Waals surface area (Å²) in [5.74, 6) is -0.751. The van der Waals surface area contributed by atoms with Crippen LogP contribution in [0, 0.1) is 5.92 Å². The summed E-state index contributed by atoms with van der Waals surface area (Å²) >= 11 is 0. The first-order chi connectivity index (χ1) is 11.5. The number of carbonyl (C=O) groups is 2. The molecule has 1 aromatic carbocycles. The lowest BCUT2D eigenvalue weighted by Crippen LogP contribution is -2.32. The molecule has 130 valence electrons. The lowest BCUT2D eigenvalue weighted by Gasteiger charge is -2.27. The highest BCUT2D eigenvalue weighted by Crippen LogP contribution is 2.38. The van der Waals surface area contributed by atoms with Crippen LogP contribution in [0.4, 0.5) is 0 Å². The van der Waals surface area contributed by atoms with Crippen LogP contribution in [0.25, 0.3) is 0 Å². The maximum atomic E-state index is 12.7. The summed E-state index contributed by atoms with van der Waals surface area (Å²) in [4.78, 5) is 26.9. The van der Waals surface area contributed by atoms with Crippen molar-refractivity contribution in [3.8, 4) is 0 Å². The molecule has 24 heavy (non-hydrogen) atoms. The molecular formula is C20H27NO3. The fraction of sp³-hybridized carbons (Fsp3) is 0.500. The van der Waals surface area contributed by atoms with Gasteiger partial charge in [0.25, 0.3) is 5.91 Å². The molecule has 0 aromatic heterocycles. The second-order valence-electron chi connectivity index (χ2n) is 6.80. The van der Waals surface area contributed by atoms with E-state index in [1.807, 2.05) is 44.2 Å². The van der Waals surface area contributed by atoms with Gasteiger partial charge in [-0.05, 0) is 17.9 Å². The molecule has 1 unspecified atom stereocenters. The molecule has 1 aliphatic rings. The molecule has 0 fully saturated rings. The van der Waals surface area contributed by atoms with Crippen LogP contribution < -0.4 is 0 Å². The zero-order valence-corrected chi connectivity index (χ0v) is 14.8. The fourth-order valence-electron chi connectivity index (χ4n) is 3.16. The first-order valence-corrected chi connectivity index (χ1v) is 8.79. The number of Topliss-reactive ketones (excluding diaryl/α,β-unsaturated/α-hetero) is 1. The molecular weight excluding hydrogens is 302 g/mol. The normalized spacial score (nSPS) is 17.9. The van der Waals surface area contributed by atoms with E-state index in [4.69, 9.17) is 0 Å². The Labute approximate surface area is 144 Å². The van der Waals surface area contributed by atoms with Crippen molar-refractivity contribution in [1.29, 1.82) is 0 Å². The Balaban J connectivity index is 2.38. The maximum Gasteiger partial charge on any atom is 0.290 e.